The van der Waals surface area contributed by atoms with E-state index in [-0.39, 0.29) is 11.5 Å². The van der Waals surface area contributed by atoms with Gasteiger partial charge in [0.1, 0.15) is 0 Å². The third-order valence-corrected chi connectivity index (χ3v) is 8.82. The van der Waals surface area contributed by atoms with E-state index in [1.807, 2.05) is 12.1 Å². The first-order valence-electron chi connectivity index (χ1n) is 7.80. The minimum atomic E-state index is -1.67. The summed E-state index contributed by atoms with van der Waals surface area (Å²) in [5.74, 6) is -0.785. The van der Waals surface area contributed by atoms with Gasteiger partial charge in [0.25, 0.3) is 0 Å². The molecule has 4 nitrogen and oxygen atoms in total. The standard InChI is InChI=1S/C17H29NO3Si/c1-17(2,3)22(4,5)21-13-11-14-6-8-15(9-7-14)18-12-10-16(19)20/h6-9,18H,10-13H2,1-5H3,(H,19,20). The van der Waals surface area contributed by atoms with E-state index in [0.717, 1.165) is 18.7 Å². The fourth-order valence-corrected chi connectivity index (χ4v) is 2.79. The van der Waals surface area contributed by atoms with E-state index in [1.165, 1.54) is 5.56 Å². The van der Waals surface area contributed by atoms with Gasteiger partial charge in [0, 0.05) is 18.8 Å². The van der Waals surface area contributed by atoms with E-state index in [2.05, 4.69) is 51.3 Å². The number of nitrogens with one attached hydrogen (secondary N) is 1. The predicted molar refractivity (Wildman–Crippen MR) is 94.0 cm³/mol. The Morgan fingerprint density at radius 2 is 1.82 bits per heavy atom. The molecule has 0 saturated carbocycles. The zero-order valence-corrected chi connectivity index (χ0v) is 15.4. The number of benzene rings is 1. The van der Waals surface area contributed by atoms with Crippen molar-refractivity contribution >= 4 is 20.0 Å². The first-order chi connectivity index (χ1) is 10.1. The monoisotopic (exact) mass is 323 g/mol. The predicted octanol–water partition coefficient (Wildman–Crippen LogP) is 4.14. The average molecular weight is 324 g/mol. The zero-order valence-electron chi connectivity index (χ0n) is 14.4. The summed E-state index contributed by atoms with van der Waals surface area (Å²) < 4.78 is 6.18. The zero-order chi connectivity index (χ0) is 16.8. The van der Waals surface area contributed by atoms with Gasteiger partial charge in [-0.3, -0.25) is 4.79 Å². The molecule has 124 valence electrons. The minimum absolute atomic E-state index is 0.127. The van der Waals surface area contributed by atoms with E-state index in [0.29, 0.717) is 6.54 Å². The third-order valence-electron chi connectivity index (χ3n) is 4.28. The molecule has 2 N–H and O–H groups in total. The Morgan fingerprint density at radius 1 is 1.23 bits per heavy atom. The number of hydrogen-bond acceptors (Lipinski definition) is 3. The van der Waals surface area contributed by atoms with Crippen molar-refractivity contribution in [2.45, 2.75) is 51.7 Å². The molecule has 0 fully saturated rings. The summed E-state index contributed by atoms with van der Waals surface area (Å²) in [6, 6.07) is 8.11. The number of aliphatic carboxylic acids is 1. The molecule has 0 aliphatic carbocycles. The molecule has 0 radical (unpaired) electrons. The Bertz CT molecular complexity index is 478. The molecule has 5 heteroatoms. The molecular formula is C17H29NO3Si. The Hall–Kier alpha value is -1.33. The Morgan fingerprint density at radius 3 is 2.32 bits per heavy atom. The summed E-state index contributed by atoms with van der Waals surface area (Å²) in [6.07, 6.45) is 1.03. The fraction of sp³-hybridized carbons (Fsp3) is 0.588. The van der Waals surface area contributed by atoms with Crippen LogP contribution in [0, 0.1) is 0 Å². The van der Waals surface area contributed by atoms with Crippen LogP contribution in [-0.2, 0) is 15.6 Å². The molecule has 0 aliphatic heterocycles. The second-order valence-corrected chi connectivity index (χ2v) is 11.9. The molecule has 1 aromatic carbocycles. The van der Waals surface area contributed by atoms with Gasteiger partial charge in [-0.15, -0.1) is 0 Å². The van der Waals surface area contributed by atoms with Crippen LogP contribution in [0.5, 0.6) is 0 Å². The molecule has 0 spiro atoms. The highest BCUT2D eigenvalue weighted by molar-refractivity contribution is 6.74. The fourth-order valence-electron chi connectivity index (χ4n) is 1.74. The summed E-state index contributed by atoms with van der Waals surface area (Å²) in [5.41, 5.74) is 2.19. The highest BCUT2D eigenvalue weighted by Crippen LogP contribution is 2.36. The lowest BCUT2D eigenvalue weighted by molar-refractivity contribution is -0.136. The number of hydrogen-bond donors (Lipinski definition) is 2. The summed E-state index contributed by atoms with van der Waals surface area (Å²) >= 11 is 0. The van der Waals surface area contributed by atoms with E-state index in [4.69, 9.17) is 9.53 Å². The van der Waals surface area contributed by atoms with Crippen LogP contribution in [0.15, 0.2) is 24.3 Å². The van der Waals surface area contributed by atoms with Crippen molar-refractivity contribution in [1.29, 1.82) is 0 Å². The van der Waals surface area contributed by atoms with Crippen molar-refractivity contribution < 1.29 is 14.3 Å². The van der Waals surface area contributed by atoms with Crippen LogP contribution in [0.1, 0.15) is 32.8 Å². The topological polar surface area (TPSA) is 58.6 Å². The van der Waals surface area contributed by atoms with Gasteiger partial charge in [-0.05, 0) is 42.2 Å². The minimum Gasteiger partial charge on any atom is -0.481 e. The van der Waals surface area contributed by atoms with Gasteiger partial charge in [0.2, 0.25) is 0 Å². The van der Waals surface area contributed by atoms with Crippen LogP contribution in [0.2, 0.25) is 18.1 Å². The molecule has 0 unspecified atom stereocenters. The van der Waals surface area contributed by atoms with Crippen LogP contribution in [-0.4, -0.2) is 32.5 Å². The normalized spacial score (nSPS) is 12.2. The van der Waals surface area contributed by atoms with E-state index >= 15 is 0 Å². The summed E-state index contributed by atoms with van der Waals surface area (Å²) in [5, 5.41) is 11.9. The molecule has 1 rings (SSSR count). The van der Waals surface area contributed by atoms with Gasteiger partial charge >= 0.3 is 5.97 Å². The lowest BCUT2D eigenvalue weighted by Gasteiger charge is -2.36. The largest absolute Gasteiger partial charge is 0.481 e. The van der Waals surface area contributed by atoms with Crippen LogP contribution < -0.4 is 5.32 Å². The van der Waals surface area contributed by atoms with Crippen LogP contribution in [0.4, 0.5) is 5.69 Å². The summed E-state index contributed by atoms with van der Waals surface area (Å²) in [6.45, 7) is 12.5. The third kappa shape index (κ3) is 6.20. The second kappa shape index (κ2) is 7.79. The van der Waals surface area contributed by atoms with Gasteiger partial charge in [-0.2, -0.15) is 0 Å². The first kappa shape index (κ1) is 18.7. The first-order valence-corrected chi connectivity index (χ1v) is 10.7. The Balaban J connectivity index is 2.40. The summed E-state index contributed by atoms with van der Waals surface area (Å²) in [7, 11) is -1.67. The molecular weight excluding hydrogens is 294 g/mol. The second-order valence-electron chi connectivity index (χ2n) is 7.13. The number of carboxylic acids is 1. The lowest BCUT2D eigenvalue weighted by atomic mass is 10.1. The SMILES string of the molecule is CC(C)(C)[Si](C)(C)OCCc1ccc(NCCC(=O)O)cc1. The molecule has 0 atom stereocenters. The number of carbonyl (C=O) groups is 1. The van der Waals surface area contributed by atoms with Crippen molar-refractivity contribution in [3.8, 4) is 0 Å². The van der Waals surface area contributed by atoms with Gasteiger partial charge in [0.15, 0.2) is 8.32 Å². The lowest BCUT2D eigenvalue weighted by Crippen LogP contribution is -2.41. The van der Waals surface area contributed by atoms with Gasteiger partial charge in [-0.1, -0.05) is 32.9 Å². The Labute approximate surface area is 135 Å². The van der Waals surface area contributed by atoms with Crippen LogP contribution in [0.3, 0.4) is 0 Å². The number of rotatable bonds is 8. The average Bonchev–Trinajstić information content (AvgIpc) is 2.38. The smallest absolute Gasteiger partial charge is 0.305 e. The van der Waals surface area contributed by atoms with Gasteiger partial charge in [-0.25, -0.2) is 0 Å². The maximum Gasteiger partial charge on any atom is 0.305 e. The molecule has 1 aromatic rings. The van der Waals surface area contributed by atoms with Crippen LogP contribution >= 0.6 is 0 Å². The molecule has 22 heavy (non-hydrogen) atoms. The van der Waals surface area contributed by atoms with Crippen molar-refractivity contribution in [3.63, 3.8) is 0 Å². The maximum absolute atomic E-state index is 10.5. The highest BCUT2D eigenvalue weighted by Gasteiger charge is 2.36. The van der Waals surface area contributed by atoms with Crippen molar-refractivity contribution in [2.75, 3.05) is 18.5 Å². The Kier molecular flexibility index (Phi) is 6.62. The van der Waals surface area contributed by atoms with Crippen molar-refractivity contribution in [3.05, 3.63) is 29.8 Å². The van der Waals surface area contributed by atoms with Crippen molar-refractivity contribution in [2.24, 2.45) is 0 Å². The molecule has 0 aliphatic rings. The van der Waals surface area contributed by atoms with Gasteiger partial charge < -0.3 is 14.8 Å². The van der Waals surface area contributed by atoms with Crippen molar-refractivity contribution in [1.82, 2.24) is 0 Å². The quantitative estimate of drug-likeness (QED) is 0.706. The number of anilines is 1. The van der Waals surface area contributed by atoms with E-state index < -0.39 is 14.3 Å². The molecule has 0 heterocycles. The molecule has 0 aromatic heterocycles. The molecule has 0 bridgehead atoms. The maximum atomic E-state index is 10.5. The molecule has 0 amide bonds. The highest BCUT2D eigenvalue weighted by atomic mass is 28.4. The van der Waals surface area contributed by atoms with Gasteiger partial charge in [0.05, 0.1) is 6.42 Å². The van der Waals surface area contributed by atoms with E-state index in [1.54, 1.807) is 0 Å². The summed E-state index contributed by atoms with van der Waals surface area (Å²) in [4.78, 5) is 10.5. The molecule has 0 saturated heterocycles. The van der Waals surface area contributed by atoms with E-state index in [9.17, 15) is 4.79 Å². The number of carboxylic acid groups (broad SMARTS) is 1. The van der Waals surface area contributed by atoms with Crippen LogP contribution in [0.25, 0.3) is 0 Å².